The van der Waals surface area contributed by atoms with E-state index in [1.165, 1.54) is 6.07 Å². The first-order chi connectivity index (χ1) is 6.19. The summed E-state index contributed by atoms with van der Waals surface area (Å²) in [5.41, 5.74) is 0.991. The summed E-state index contributed by atoms with van der Waals surface area (Å²) < 4.78 is 13.4. The van der Waals surface area contributed by atoms with Gasteiger partial charge < -0.3 is 5.32 Å². The molecule has 1 aromatic rings. The van der Waals surface area contributed by atoms with Gasteiger partial charge in [-0.25, -0.2) is 4.39 Å². The fourth-order valence-corrected chi connectivity index (χ4v) is 1.52. The van der Waals surface area contributed by atoms with E-state index < -0.39 is 0 Å². The van der Waals surface area contributed by atoms with Gasteiger partial charge >= 0.3 is 0 Å². The lowest BCUT2D eigenvalue weighted by molar-refractivity contribution is 0.617. The summed E-state index contributed by atoms with van der Waals surface area (Å²) in [7, 11) is 1.84. The smallest absolute Gasteiger partial charge is 0.137 e. The van der Waals surface area contributed by atoms with Gasteiger partial charge in [-0.2, -0.15) is 0 Å². The van der Waals surface area contributed by atoms with Gasteiger partial charge in [0.25, 0.3) is 0 Å². The number of likely N-dealkylation sites (N-methyl/N-ethyl adjacent to an activating group) is 1. The number of rotatable bonds is 3. The van der Waals surface area contributed by atoms with Crippen molar-refractivity contribution in [3.05, 3.63) is 46.7 Å². The molecule has 0 saturated carbocycles. The molecule has 70 valence electrons. The first-order valence-corrected chi connectivity index (χ1v) is 4.73. The van der Waals surface area contributed by atoms with Crippen LogP contribution in [0, 0.1) is 5.82 Å². The van der Waals surface area contributed by atoms with Crippen LogP contribution in [0.1, 0.15) is 11.6 Å². The van der Waals surface area contributed by atoms with Crippen LogP contribution in [0.5, 0.6) is 0 Å². The van der Waals surface area contributed by atoms with Crippen LogP contribution in [0.3, 0.4) is 0 Å². The molecule has 0 amide bonds. The Bertz CT molecular complexity index is 312. The van der Waals surface area contributed by atoms with Crippen molar-refractivity contribution in [2.24, 2.45) is 0 Å². The molecule has 1 unspecified atom stereocenters. The topological polar surface area (TPSA) is 12.0 Å². The molecule has 1 rings (SSSR count). The Labute approximate surface area is 85.8 Å². The van der Waals surface area contributed by atoms with Gasteiger partial charge in [0.2, 0.25) is 0 Å². The fraction of sp³-hybridized carbons (Fsp3) is 0.200. The van der Waals surface area contributed by atoms with Crippen LogP contribution in [0.25, 0.3) is 0 Å². The van der Waals surface area contributed by atoms with Gasteiger partial charge in [0, 0.05) is 0 Å². The predicted molar refractivity (Wildman–Crippen MR) is 56.1 cm³/mol. The minimum absolute atomic E-state index is 0.0666. The van der Waals surface area contributed by atoms with Gasteiger partial charge in [-0.1, -0.05) is 12.1 Å². The van der Waals surface area contributed by atoms with E-state index in [9.17, 15) is 4.39 Å². The molecule has 1 N–H and O–H groups in total. The summed E-state index contributed by atoms with van der Waals surface area (Å²) in [6, 6.07) is 4.99. The van der Waals surface area contributed by atoms with Crippen molar-refractivity contribution >= 4 is 15.9 Å². The minimum Gasteiger partial charge on any atom is -0.310 e. The molecule has 0 radical (unpaired) electrons. The van der Waals surface area contributed by atoms with E-state index >= 15 is 0 Å². The van der Waals surface area contributed by atoms with Gasteiger partial charge in [0.05, 0.1) is 10.5 Å². The Hall–Kier alpha value is -0.670. The maximum absolute atomic E-state index is 12.9. The summed E-state index contributed by atoms with van der Waals surface area (Å²) in [6.45, 7) is 3.69. The summed E-state index contributed by atoms with van der Waals surface area (Å²) in [5.74, 6) is -0.248. The molecule has 0 aliphatic rings. The second kappa shape index (κ2) is 4.53. The largest absolute Gasteiger partial charge is 0.310 e. The van der Waals surface area contributed by atoms with Crippen molar-refractivity contribution in [1.29, 1.82) is 0 Å². The zero-order valence-electron chi connectivity index (χ0n) is 7.35. The summed E-state index contributed by atoms with van der Waals surface area (Å²) >= 11 is 3.14. The van der Waals surface area contributed by atoms with Crippen molar-refractivity contribution in [1.82, 2.24) is 5.32 Å². The van der Waals surface area contributed by atoms with E-state index in [2.05, 4.69) is 27.8 Å². The lowest BCUT2D eigenvalue weighted by atomic mass is 10.1. The van der Waals surface area contributed by atoms with Crippen molar-refractivity contribution in [3.8, 4) is 0 Å². The van der Waals surface area contributed by atoms with Crippen molar-refractivity contribution in [2.45, 2.75) is 6.04 Å². The highest BCUT2D eigenvalue weighted by Gasteiger charge is 2.06. The third-order valence-electron chi connectivity index (χ3n) is 1.85. The lowest BCUT2D eigenvalue weighted by Gasteiger charge is -2.11. The molecule has 1 atom stereocenters. The average Bonchev–Trinajstić information content (AvgIpc) is 2.13. The molecule has 13 heavy (non-hydrogen) atoms. The molecule has 0 aliphatic carbocycles. The molecule has 0 aliphatic heterocycles. The van der Waals surface area contributed by atoms with E-state index in [1.807, 2.05) is 7.05 Å². The molecule has 0 heterocycles. The minimum atomic E-state index is -0.248. The number of nitrogens with one attached hydrogen (secondary N) is 1. The molecule has 3 heteroatoms. The molecular weight excluding hydrogens is 233 g/mol. The predicted octanol–water partition coefficient (Wildman–Crippen LogP) is 3.03. The van der Waals surface area contributed by atoms with Gasteiger partial charge in [-0.3, -0.25) is 0 Å². The first-order valence-electron chi connectivity index (χ1n) is 3.93. The second-order valence-corrected chi connectivity index (χ2v) is 3.53. The third-order valence-corrected chi connectivity index (χ3v) is 2.46. The second-order valence-electron chi connectivity index (χ2n) is 2.68. The van der Waals surface area contributed by atoms with Crippen LogP contribution in [-0.4, -0.2) is 7.05 Å². The average molecular weight is 244 g/mol. The molecule has 0 spiro atoms. The number of benzene rings is 1. The van der Waals surface area contributed by atoms with Crippen LogP contribution in [0.2, 0.25) is 0 Å². The Morgan fingerprint density at radius 1 is 1.62 bits per heavy atom. The van der Waals surface area contributed by atoms with Crippen LogP contribution < -0.4 is 5.32 Å². The first kappa shape index (κ1) is 10.4. The lowest BCUT2D eigenvalue weighted by Crippen LogP contribution is -2.13. The van der Waals surface area contributed by atoms with E-state index in [4.69, 9.17) is 0 Å². The Morgan fingerprint density at radius 3 is 2.77 bits per heavy atom. The normalized spacial score (nSPS) is 12.5. The summed E-state index contributed by atoms with van der Waals surface area (Å²) in [4.78, 5) is 0. The highest BCUT2D eigenvalue weighted by atomic mass is 79.9. The maximum Gasteiger partial charge on any atom is 0.137 e. The monoisotopic (exact) mass is 243 g/mol. The Kier molecular flexibility index (Phi) is 3.63. The molecule has 0 aromatic heterocycles. The SMILES string of the molecule is C=CC(NC)c1ccc(F)c(Br)c1. The zero-order valence-corrected chi connectivity index (χ0v) is 8.94. The van der Waals surface area contributed by atoms with Crippen LogP contribution in [0.15, 0.2) is 35.3 Å². The van der Waals surface area contributed by atoms with E-state index in [0.29, 0.717) is 4.47 Å². The maximum atomic E-state index is 12.9. The Morgan fingerprint density at radius 2 is 2.31 bits per heavy atom. The van der Waals surface area contributed by atoms with Crippen molar-refractivity contribution in [2.75, 3.05) is 7.05 Å². The molecule has 1 nitrogen and oxygen atoms in total. The van der Waals surface area contributed by atoms with Gasteiger partial charge in [0.1, 0.15) is 5.82 Å². The highest BCUT2D eigenvalue weighted by Crippen LogP contribution is 2.21. The highest BCUT2D eigenvalue weighted by molar-refractivity contribution is 9.10. The molecule has 0 fully saturated rings. The molecule has 0 saturated heterocycles. The molecule has 1 aromatic carbocycles. The Balaban J connectivity index is 3.01. The number of hydrogen-bond donors (Lipinski definition) is 1. The van der Waals surface area contributed by atoms with E-state index in [-0.39, 0.29) is 11.9 Å². The zero-order chi connectivity index (χ0) is 9.84. The van der Waals surface area contributed by atoms with Crippen molar-refractivity contribution < 1.29 is 4.39 Å². The third kappa shape index (κ3) is 2.39. The summed E-state index contributed by atoms with van der Waals surface area (Å²) in [5, 5.41) is 3.05. The van der Waals surface area contributed by atoms with Gasteiger partial charge in [0.15, 0.2) is 0 Å². The molecule has 0 bridgehead atoms. The van der Waals surface area contributed by atoms with Crippen LogP contribution in [-0.2, 0) is 0 Å². The summed E-state index contributed by atoms with van der Waals surface area (Å²) in [6.07, 6.45) is 1.78. The number of hydrogen-bond acceptors (Lipinski definition) is 1. The quantitative estimate of drug-likeness (QED) is 0.806. The standard InChI is InChI=1S/C10H11BrFN/c1-3-10(13-2)7-4-5-9(12)8(11)6-7/h3-6,10,13H,1H2,2H3. The van der Waals surface area contributed by atoms with Gasteiger partial charge in [-0.05, 0) is 40.7 Å². The van der Waals surface area contributed by atoms with E-state index in [0.717, 1.165) is 5.56 Å². The van der Waals surface area contributed by atoms with Crippen LogP contribution >= 0.6 is 15.9 Å². The van der Waals surface area contributed by atoms with Gasteiger partial charge in [-0.15, -0.1) is 6.58 Å². The van der Waals surface area contributed by atoms with Crippen LogP contribution in [0.4, 0.5) is 4.39 Å². The molecular formula is C10H11BrFN. The van der Waals surface area contributed by atoms with E-state index in [1.54, 1.807) is 18.2 Å². The number of halogens is 2. The van der Waals surface area contributed by atoms with Crippen molar-refractivity contribution in [3.63, 3.8) is 0 Å². The fourth-order valence-electron chi connectivity index (χ4n) is 1.13.